The lowest BCUT2D eigenvalue weighted by molar-refractivity contribution is -0.144. The second-order valence-corrected chi connectivity index (χ2v) is 2.34. The van der Waals surface area contributed by atoms with E-state index >= 15 is 0 Å². The first-order valence-electron chi connectivity index (χ1n) is 3.49. The van der Waals surface area contributed by atoms with Crippen molar-refractivity contribution in [1.82, 2.24) is 0 Å². The average molecular weight is 158 g/mol. The van der Waals surface area contributed by atoms with Crippen molar-refractivity contribution in [1.29, 1.82) is 0 Å². The van der Waals surface area contributed by atoms with Gasteiger partial charge in [0, 0.05) is 0 Å². The summed E-state index contributed by atoms with van der Waals surface area (Å²) in [7, 11) is 0. The predicted octanol–water partition coefficient (Wildman–Crippen LogP) is -0.0941. The van der Waals surface area contributed by atoms with E-state index in [-0.39, 0.29) is 5.78 Å². The summed E-state index contributed by atoms with van der Waals surface area (Å²) in [4.78, 5) is 21.4. The topological polar surface area (TPSA) is 55.9 Å². The van der Waals surface area contributed by atoms with E-state index in [4.69, 9.17) is 4.74 Å². The normalized spacial score (nSPS) is 27.8. The number of ketones is 1. The molecule has 4 nitrogen and oxygen atoms in total. The summed E-state index contributed by atoms with van der Waals surface area (Å²) in [6.45, 7) is 3.43. The van der Waals surface area contributed by atoms with Crippen molar-refractivity contribution >= 4 is 11.8 Å². The third-order valence-corrected chi connectivity index (χ3v) is 1.41. The molecule has 0 spiro atoms. The number of Topliss-reactive ketones (excluding diaryl/α,β-unsaturated/α-hetero) is 1. The van der Waals surface area contributed by atoms with Crippen LogP contribution in [0.5, 0.6) is 0 Å². The van der Waals surface area contributed by atoms with E-state index in [9.17, 15) is 9.59 Å². The molecule has 0 aromatic carbocycles. The first-order valence-corrected chi connectivity index (χ1v) is 3.49. The first kappa shape index (κ1) is 8.20. The number of hydrogen-bond acceptors (Lipinski definition) is 4. The van der Waals surface area contributed by atoms with Crippen molar-refractivity contribution in [2.24, 2.45) is 0 Å². The Morgan fingerprint density at radius 1 is 1.45 bits per heavy atom. The van der Waals surface area contributed by atoms with Gasteiger partial charge in [0.25, 0.3) is 0 Å². The second-order valence-electron chi connectivity index (χ2n) is 2.34. The molecule has 1 saturated heterocycles. The summed E-state index contributed by atoms with van der Waals surface area (Å²) in [6, 6.07) is 0. The highest BCUT2D eigenvalue weighted by atomic mass is 16.6. The molecule has 0 bridgehead atoms. The van der Waals surface area contributed by atoms with Gasteiger partial charge >= 0.3 is 5.97 Å². The van der Waals surface area contributed by atoms with Gasteiger partial charge in [-0.1, -0.05) is 0 Å². The summed E-state index contributed by atoms with van der Waals surface area (Å²) < 4.78 is 9.40. The Balaban J connectivity index is 2.32. The fraction of sp³-hybridized carbons (Fsp3) is 0.714. The highest BCUT2D eigenvalue weighted by Crippen LogP contribution is 2.23. The van der Waals surface area contributed by atoms with Crippen LogP contribution >= 0.6 is 0 Å². The summed E-state index contributed by atoms with van der Waals surface area (Å²) in [6.07, 6.45) is -1.18. The van der Waals surface area contributed by atoms with Gasteiger partial charge in [-0.15, -0.1) is 0 Å². The fourth-order valence-electron chi connectivity index (χ4n) is 0.825. The fourth-order valence-corrected chi connectivity index (χ4v) is 0.825. The smallest absolute Gasteiger partial charge is 0.338 e. The largest absolute Gasteiger partial charge is 0.464 e. The van der Waals surface area contributed by atoms with Gasteiger partial charge in [0.1, 0.15) is 0 Å². The zero-order valence-electron chi connectivity index (χ0n) is 6.49. The standard InChI is InChI=1S/C7H10O4/c1-3-10-7(9)6-5(11-6)4(2)8/h5-6H,3H2,1-2H3/t5-,6+/m1/s1. The molecule has 0 saturated carbocycles. The molecule has 11 heavy (non-hydrogen) atoms. The molecular formula is C7H10O4. The summed E-state index contributed by atoms with van der Waals surface area (Å²) in [5.41, 5.74) is 0. The lowest BCUT2D eigenvalue weighted by Gasteiger charge is -1.94. The van der Waals surface area contributed by atoms with Crippen LogP contribution in [0.25, 0.3) is 0 Å². The summed E-state index contributed by atoms with van der Waals surface area (Å²) in [5, 5.41) is 0. The van der Waals surface area contributed by atoms with Gasteiger partial charge in [0.2, 0.25) is 0 Å². The van der Waals surface area contributed by atoms with E-state index in [0.29, 0.717) is 6.61 Å². The van der Waals surface area contributed by atoms with Crippen molar-refractivity contribution in [3.05, 3.63) is 0 Å². The number of esters is 1. The van der Waals surface area contributed by atoms with Gasteiger partial charge in [0.15, 0.2) is 18.0 Å². The molecule has 0 unspecified atom stereocenters. The Morgan fingerprint density at radius 3 is 2.45 bits per heavy atom. The molecule has 1 aliphatic heterocycles. The summed E-state index contributed by atoms with van der Waals surface area (Å²) >= 11 is 0. The third kappa shape index (κ3) is 1.77. The van der Waals surface area contributed by atoms with Crippen LogP contribution in [-0.2, 0) is 19.1 Å². The Bertz CT molecular complexity index is 187. The molecule has 0 amide bonds. The van der Waals surface area contributed by atoms with Crippen LogP contribution < -0.4 is 0 Å². The van der Waals surface area contributed by atoms with E-state index in [1.54, 1.807) is 6.92 Å². The first-order chi connectivity index (χ1) is 5.16. The molecule has 4 heteroatoms. The Kier molecular flexibility index (Phi) is 2.24. The van der Waals surface area contributed by atoms with Crippen LogP contribution in [0.4, 0.5) is 0 Å². The lowest BCUT2D eigenvalue weighted by atomic mass is 10.2. The van der Waals surface area contributed by atoms with Crippen LogP contribution in [0.15, 0.2) is 0 Å². The molecule has 0 aromatic rings. The molecule has 1 heterocycles. The van der Waals surface area contributed by atoms with E-state index in [1.165, 1.54) is 6.92 Å². The van der Waals surface area contributed by atoms with Gasteiger partial charge in [0.05, 0.1) is 6.61 Å². The molecule has 0 aromatic heterocycles. The minimum absolute atomic E-state index is 0.122. The monoisotopic (exact) mass is 158 g/mol. The Morgan fingerprint density at radius 2 is 2.09 bits per heavy atom. The van der Waals surface area contributed by atoms with Gasteiger partial charge in [-0.25, -0.2) is 4.79 Å². The zero-order chi connectivity index (χ0) is 8.43. The average Bonchev–Trinajstić information content (AvgIpc) is 2.65. The number of carbonyl (C=O) groups is 2. The van der Waals surface area contributed by atoms with E-state index in [2.05, 4.69) is 4.74 Å². The molecule has 2 atom stereocenters. The molecule has 62 valence electrons. The van der Waals surface area contributed by atoms with Crippen LogP contribution in [0.1, 0.15) is 13.8 Å². The zero-order valence-corrected chi connectivity index (χ0v) is 6.49. The van der Waals surface area contributed by atoms with Crippen LogP contribution in [0.3, 0.4) is 0 Å². The van der Waals surface area contributed by atoms with Gasteiger partial charge in [-0.05, 0) is 13.8 Å². The van der Waals surface area contributed by atoms with Gasteiger partial charge < -0.3 is 9.47 Å². The maximum atomic E-state index is 10.8. The van der Waals surface area contributed by atoms with Crippen LogP contribution in [0, 0.1) is 0 Å². The van der Waals surface area contributed by atoms with E-state index < -0.39 is 18.2 Å². The van der Waals surface area contributed by atoms with Crippen LogP contribution in [-0.4, -0.2) is 30.6 Å². The number of ether oxygens (including phenoxy) is 2. The second kappa shape index (κ2) is 3.00. The van der Waals surface area contributed by atoms with Crippen molar-refractivity contribution in [3.8, 4) is 0 Å². The van der Waals surface area contributed by atoms with Gasteiger partial charge in [-0.2, -0.15) is 0 Å². The molecule has 1 rings (SSSR count). The molecule has 0 aliphatic carbocycles. The van der Waals surface area contributed by atoms with Crippen molar-refractivity contribution in [2.75, 3.05) is 6.61 Å². The molecule has 1 aliphatic rings. The van der Waals surface area contributed by atoms with E-state index in [1.807, 2.05) is 0 Å². The van der Waals surface area contributed by atoms with Crippen molar-refractivity contribution in [3.63, 3.8) is 0 Å². The number of rotatable bonds is 3. The maximum absolute atomic E-state index is 10.8. The van der Waals surface area contributed by atoms with E-state index in [0.717, 1.165) is 0 Å². The predicted molar refractivity (Wildman–Crippen MR) is 36.0 cm³/mol. The third-order valence-electron chi connectivity index (χ3n) is 1.41. The molecule has 0 radical (unpaired) electrons. The maximum Gasteiger partial charge on any atom is 0.338 e. The minimum atomic E-state index is -0.632. The minimum Gasteiger partial charge on any atom is -0.464 e. The number of hydrogen-bond donors (Lipinski definition) is 0. The quantitative estimate of drug-likeness (QED) is 0.425. The van der Waals surface area contributed by atoms with Crippen molar-refractivity contribution in [2.45, 2.75) is 26.1 Å². The highest BCUT2D eigenvalue weighted by Gasteiger charge is 2.49. The molecule has 0 N–H and O–H groups in total. The van der Waals surface area contributed by atoms with Crippen molar-refractivity contribution < 1.29 is 19.1 Å². The number of epoxide rings is 1. The Labute approximate surface area is 64.5 Å². The highest BCUT2D eigenvalue weighted by molar-refractivity contribution is 5.92. The lowest BCUT2D eigenvalue weighted by Crippen LogP contribution is -2.16. The summed E-state index contributed by atoms with van der Waals surface area (Å²) in [5.74, 6) is -0.559. The molecular weight excluding hydrogens is 148 g/mol. The number of carbonyl (C=O) groups excluding carboxylic acids is 2. The van der Waals surface area contributed by atoms with Crippen LogP contribution in [0.2, 0.25) is 0 Å². The SMILES string of the molecule is CCOC(=O)[C@H]1O[C@@H]1C(C)=O. The van der Waals surface area contributed by atoms with Gasteiger partial charge in [-0.3, -0.25) is 4.79 Å². The molecule has 1 fully saturated rings. The Hall–Kier alpha value is -0.900.